The maximum Gasteiger partial charge on any atom is 0.339 e. The summed E-state index contributed by atoms with van der Waals surface area (Å²) >= 11 is 9.32. The number of hydrogen-bond donors (Lipinski definition) is 0. The normalized spacial score (nSPS) is 10.8. The molecule has 0 N–H and O–H groups in total. The van der Waals surface area contributed by atoms with E-state index in [9.17, 15) is 9.59 Å². The molecule has 4 nitrogen and oxygen atoms in total. The van der Waals surface area contributed by atoms with Gasteiger partial charge in [-0.2, -0.15) is 0 Å². The minimum absolute atomic E-state index is 0.134. The zero-order valence-electron chi connectivity index (χ0n) is 14.4. The molecule has 24 heavy (non-hydrogen) atoms. The maximum atomic E-state index is 12.3. The molecule has 1 rings (SSSR count). The Hall–Kier alpha value is -1.07. The number of carbonyl (C=O) groups is 2. The number of halogens is 2. The van der Waals surface area contributed by atoms with Gasteiger partial charge in [0.05, 0.1) is 29.4 Å². The van der Waals surface area contributed by atoms with Crippen molar-refractivity contribution in [3.63, 3.8) is 0 Å². The van der Waals surface area contributed by atoms with E-state index in [4.69, 9.17) is 21.1 Å². The molecule has 0 heterocycles. The van der Waals surface area contributed by atoms with Crippen LogP contribution in [0.3, 0.4) is 0 Å². The van der Waals surface area contributed by atoms with Crippen LogP contribution in [0, 0.1) is 5.92 Å². The third kappa shape index (κ3) is 6.81. The van der Waals surface area contributed by atoms with Gasteiger partial charge in [-0.15, -0.1) is 0 Å². The van der Waals surface area contributed by atoms with Gasteiger partial charge in [-0.05, 0) is 53.2 Å². The lowest BCUT2D eigenvalue weighted by atomic mass is 10.1. The molecule has 0 atom stereocenters. The summed E-state index contributed by atoms with van der Waals surface area (Å²) in [5.41, 5.74) is 0.297. The van der Waals surface area contributed by atoms with E-state index in [-0.39, 0.29) is 11.1 Å². The SMILES string of the molecule is CCCCOC(=O)c1cc(Br)c(Cl)cc1C(=O)OCCCC(C)C. The number of hydrogen-bond acceptors (Lipinski definition) is 4. The highest BCUT2D eigenvalue weighted by molar-refractivity contribution is 9.10. The second-order valence-corrected chi connectivity index (χ2v) is 7.23. The van der Waals surface area contributed by atoms with Crippen molar-refractivity contribution in [1.82, 2.24) is 0 Å². The Morgan fingerprint density at radius 1 is 1.08 bits per heavy atom. The Labute approximate surface area is 157 Å². The fraction of sp³-hybridized carbons (Fsp3) is 0.556. The van der Waals surface area contributed by atoms with Crippen LogP contribution >= 0.6 is 27.5 Å². The first-order valence-corrected chi connectivity index (χ1v) is 9.37. The molecule has 1 aromatic rings. The minimum atomic E-state index is -0.560. The van der Waals surface area contributed by atoms with E-state index in [2.05, 4.69) is 29.8 Å². The van der Waals surface area contributed by atoms with E-state index < -0.39 is 11.9 Å². The molecule has 1 aromatic carbocycles. The van der Waals surface area contributed by atoms with Crippen LogP contribution in [0.1, 0.15) is 67.2 Å². The highest BCUT2D eigenvalue weighted by Crippen LogP contribution is 2.27. The number of unbranched alkanes of at least 4 members (excludes halogenated alkanes) is 1. The van der Waals surface area contributed by atoms with Crippen LogP contribution in [0.25, 0.3) is 0 Å². The highest BCUT2D eigenvalue weighted by Gasteiger charge is 2.21. The number of carbonyl (C=O) groups excluding carboxylic acids is 2. The first kappa shape index (κ1) is 21.0. The molecular formula is C18H24BrClO4. The molecule has 0 aliphatic carbocycles. The third-order valence-corrected chi connectivity index (χ3v) is 4.59. The molecule has 0 fully saturated rings. The third-order valence-electron chi connectivity index (χ3n) is 3.39. The maximum absolute atomic E-state index is 12.3. The molecule has 0 aliphatic heterocycles. The Balaban J connectivity index is 2.85. The van der Waals surface area contributed by atoms with Gasteiger partial charge in [-0.3, -0.25) is 0 Å². The monoisotopic (exact) mass is 418 g/mol. The van der Waals surface area contributed by atoms with Crippen LogP contribution in [-0.2, 0) is 9.47 Å². The van der Waals surface area contributed by atoms with E-state index in [0.717, 1.165) is 25.7 Å². The zero-order valence-corrected chi connectivity index (χ0v) is 16.7. The molecule has 6 heteroatoms. The summed E-state index contributed by atoms with van der Waals surface area (Å²) in [6.45, 7) is 6.86. The van der Waals surface area contributed by atoms with Crippen LogP contribution in [0.2, 0.25) is 5.02 Å². The Morgan fingerprint density at radius 2 is 1.62 bits per heavy atom. The fourth-order valence-electron chi connectivity index (χ4n) is 2.01. The van der Waals surface area contributed by atoms with Gasteiger partial charge in [0, 0.05) is 4.47 Å². The van der Waals surface area contributed by atoms with Crippen molar-refractivity contribution in [2.24, 2.45) is 5.92 Å². The van der Waals surface area contributed by atoms with E-state index in [1.54, 1.807) is 0 Å². The van der Waals surface area contributed by atoms with Gasteiger partial charge in [-0.25, -0.2) is 9.59 Å². The average Bonchev–Trinajstić information content (AvgIpc) is 2.53. The van der Waals surface area contributed by atoms with E-state index >= 15 is 0 Å². The van der Waals surface area contributed by atoms with Crippen LogP contribution in [0.5, 0.6) is 0 Å². The van der Waals surface area contributed by atoms with Crippen molar-refractivity contribution >= 4 is 39.5 Å². The molecule has 0 saturated heterocycles. The molecule has 0 saturated carbocycles. The summed E-state index contributed by atoms with van der Waals surface area (Å²) in [6, 6.07) is 2.94. The molecule has 134 valence electrons. The highest BCUT2D eigenvalue weighted by atomic mass is 79.9. The lowest BCUT2D eigenvalue weighted by molar-refractivity contribution is 0.0450. The molecule has 0 spiro atoms. The smallest absolute Gasteiger partial charge is 0.339 e. The Bertz CT molecular complexity index is 572. The average molecular weight is 420 g/mol. The largest absolute Gasteiger partial charge is 0.462 e. The van der Waals surface area contributed by atoms with Gasteiger partial charge < -0.3 is 9.47 Å². The summed E-state index contributed by atoms with van der Waals surface area (Å²) in [6.07, 6.45) is 3.45. The van der Waals surface area contributed by atoms with Crippen molar-refractivity contribution in [1.29, 1.82) is 0 Å². The van der Waals surface area contributed by atoms with Crippen LogP contribution < -0.4 is 0 Å². The number of rotatable bonds is 9. The van der Waals surface area contributed by atoms with Crippen molar-refractivity contribution in [3.05, 3.63) is 32.8 Å². The lowest BCUT2D eigenvalue weighted by Crippen LogP contribution is -2.15. The Morgan fingerprint density at radius 3 is 2.17 bits per heavy atom. The minimum Gasteiger partial charge on any atom is -0.462 e. The van der Waals surface area contributed by atoms with Gasteiger partial charge in [0.25, 0.3) is 0 Å². The molecule has 0 bridgehead atoms. The van der Waals surface area contributed by atoms with Gasteiger partial charge in [0.15, 0.2) is 0 Å². The second-order valence-electron chi connectivity index (χ2n) is 5.97. The first-order chi connectivity index (χ1) is 11.4. The summed E-state index contributed by atoms with van der Waals surface area (Å²) < 4.78 is 11.0. The topological polar surface area (TPSA) is 52.6 Å². The Kier molecular flexibility index (Phi) is 9.37. The summed E-state index contributed by atoms with van der Waals surface area (Å²) in [4.78, 5) is 24.5. The molecular weight excluding hydrogens is 396 g/mol. The van der Waals surface area contributed by atoms with Crippen molar-refractivity contribution in [2.75, 3.05) is 13.2 Å². The lowest BCUT2D eigenvalue weighted by Gasteiger charge is -2.12. The van der Waals surface area contributed by atoms with Crippen LogP contribution in [0.15, 0.2) is 16.6 Å². The zero-order chi connectivity index (χ0) is 18.1. The molecule has 0 aliphatic rings. The van der Waals surface area contributed by atoms with Gasteiger partial charge in [0.2, 0.25) is 0 Å². The van der Waals surface area contributed by atoms with E-state index in [0.29, 0.717) is 28.6 Å². The molecule has 0 unspecified atom stereocenters. The number of ether oxygens (including phenoxy) is 2. The van der Waals surface area contributed by atoms with E-state index in [1.807, 2.05) is 6.92 Å². The van der Waals surface area contributed by atoms with Crippen molar-refractivity contribution in [3.8, 4) is 0 Å². The summed E-state index contributed by atoms with van der Waals surface area (Å²) in [7, 11) is 0. The predicted octanol–water partition coefficient (Wildman–Crippen LogP) is 5.65. The standard InChI is InChI=1S/C18H24BrClO4/c1-4-5-8-23-17(21)13-10-15(19)16(20)11-14(13)18(22)24-9-6-7-12(2)3/h10-12H,4-9H2,1-3H3. The number of esters is 2. The molecule has 0 aromatic heterocycles. The van der Waals surface area contributed by atoms with Crippen molar-refractivity contribution in [2.45, 2.75) is 46.5 Å². The van der Waals surface area contributed by atoms with E-state index in [1.165, 1.54) is 12.1 Å². The second kappa shape index (κ2) is 10.7. The van der Waals surface area contributed by atoms with Crippen LogP contribution in [0.4, 0.5) is 0 Å². The van der Waals surface area contributed by atoms with Gasteiger partial charge >= 0.3 is 11.9 Å². The number of benzene rings is 1. The fourth-order valence-corrected chi connectivity index (χ4v) is 2.51. The van der Waals surface area contributed by atoms with Gasteiger partial charge in [0.1, 0.15) is 0 Å². The molecule has 0 radical (unpaired) electrons. The quantitative estimate of drug-likeness (QED) is 0.383. The van der Waals surface area contributed by atoms with Gasteiger partial charge in [-0.1, -0.05) is 38.8 Å². The molecule has 0 amide bonds. The summed E-state index contributed by atoms with van der Waals surface area (Å²) in [5, 5.41) is 0.342. The summed E-state index contributed by atoms with van der Waals surface area (Å²) in [5.74, 6) is -0.555. The predicted molar refractivity (Wildman–Crippen MR) is 98.7 cm³/mol. The first-order valence-electron chi connectivity index (χ1n) is 8.20. The van der Waals surface area contributed by atoms with Crippen LogP contribution in [-0.4, -0.2) is 25.2 Å². The van der Waals surface area contributed by atoms with Crippen molar-refractivity contribution < 1.29 is 19.1 Å².